The molecule has 1 aromatic rings. The number of nitrogens with zero attached hydrogens (tertiary/aromatic N) is 1. The van der Waals surface area contributed by atoms with Crippen LogP contribution in [0.2, 0.25) is 0 Å². The van der Waals surface area contributed by atoms with Crippen LogP contribution >= 0.6 is 11.3 Å². The van der Waals surface area contributed by atoms with Crippen molar-refractivity contribution in [2.75, 3.05) is 6.61 Å². The van der Waals surface area contributed by atoms with E-state index in [2.05, 4.69) is 24.2 Å². The van der Waals surface area contributed by atoms with Crippen molar-refractivity contribution in [3.8, 4) is 0 Å². The van der Waals surface area contributed by atoms with Crippen LogP contribution in [0, 0.1) is 0 Å². The maximum atomic E-state index is 8.62. The van der Waals surface area contributed by atoms with E-state index in [1.165, 1.54) is 10.7 Å². The lowest BCUT2D eigenvalue weighted by Gasteiger charge is -1.97. The van der Waals surface area contributed by atoms with Crippen LogP contribution in [0.3, 0.4) is 0 Å². The lowest BCUT2D eigenvalue weighted by molar-refractivity contribution is 0.284. The van der Waals surface area contributed by atoms with E-state index in [9.17, 15) is 0 Å². The molecule has 1 rings (SSSR count). The summed E-state index contributed by atoms with van der Waals surface area (Å²) >= 11 is 1.74. The first kappa shape index (κ1) is 10.7. The lowest BCUT2D eigenvalue weighted by atomic mass is 10.2. The largest absolute Gasteiger partial charge is 0.396 e. The van der Waals surface area contributed by atoms with Crippen LogP contribution in [0.25, 0.3) is 0 Å². The van der Waals surface area contributed by atoms with Crippen LogP contribution in [0.5, 0.6) is 0 Å². The van der Waals surface area contributed by atoms with Gasteiger partial charge < -0.3 is 5.11 Å². The van der Waals surface area contributed by atoms with Gasteiger partial charge >= 0.3 is 0 Å². The number of hydrogen-bond acceptors (Lipinski definition) is 3. The number of thiazole rings is 1. The fraction of sp³-hybridized carbons (Fsp3) is 0.700. The standard InChI is InChI=1S/C10H17NOS/c1-8(2)9-7-13-10(11-9)5-3-4-6-12/h7-8,12H,3-6H2,1-2H3. The summed E-state index contributed by atoms with van der Waals surface area (Å²) in [4.78, 5) is 4.52. The van der Waals surface area contributed by atoms with Crippen molar-refractivity contribution in [1.29, 1.82) is 0 Å². The van der Waals surface area contributed by atoms with E-state index in [1.54, 1.807) is 11.3 Å². The van der Waals surface area contributed by atoms with Gasteiger partial charge in [0.25, 0.3) is 0 Å². The third-order valence-electron chi connectivity index (χ3n) is 1.96. The summed E-state index contributed by atoms with van der Waals surface area (Å²) in [6.07, 6.45) is 2.94. The van der Waals surface area contributed by atoms with Crippen LogP contribution in [-0.4, -0.2) is 16.7 Å². The maximum absolute atomic E-state index is 8.62. The summed E-state index contributed by atoms with van der Waals surface area (Å²) in [5.41, 5.74) is 1.20. The SMILES string of the molecule is CC(C)c1csc(CCCCO)n1. The van der Waals surface area contributed by atoms with Crippen LogP contribution in [0.1, 0.15) is 43.3 Å². The summed E-state index contributed by atoms with van der Waals surface area (Å²) in [6.45, 7) is 4.61. The molecule has 0 fully saturated rings. The minimum atomic E-state index is 0.294. The molecular weight excluding hydrogens is 182 g/mol. The Labute approximate surface area is 83.6 Å². The van der Waals surface area contributed by atoms with Crippen LogP contribution in [0.15, 0.2) is 5.38 Å². The first-order valence-electron chi connectivity index (χ1n) is 4.79. The number of aromatic nitrogens is 1. The fourth-order valence-electron chi connectivity index (χ4n) is 1.09. The molecule has 0 radical (unpaired) electrons. The number of unbranched alkanes of at least 4 members (excludes halogenated alkanes) is 1. The minimum Gasteiger partial charge on any atom is -0.396 e. The van der Waals surface area contributed by atoms with E-state index in [1.807, 2.05) is 0 Å². The second-order valence-electron chi connectivity index (χ2n) is 3.50. The third-order valence-corrected chi connectivity index (χ3v) is 2.89. The number of aliphatic hydroxyl groups excluding tert-OH is 1. The second-order valence-corrected chi connectivity index (χ2v) is 4.44. The van der Waals surface area contributed by atoms with Gasteiger partial charge in [0.2, 0.25) is 0 Å². The summed E-state index contributed by atoms with van der Waals surface area (Å²) in [7, 11) is 0. The average molecular weight is 199 g/mol. The fourth-order valence-corrected chi connectivity index (χ4v) is 2.10. The zero-order chi connectivity index (χ0) is 9.68. The van der Waals surface area contributed by atoms with Gasteiger partial charge in [0.05, 0.1) is 10.7 Å². The van der Waals surface area contributed by atoms with Crippen LogP contribution in [0.4, 0.5) is 0 Å². The molecule has 0 aliphatic rings. The van der Waals surface area contributed by atoms with Gasteiger partial charge in [-0.3, -0.25) is 0 Å². The third kappa shape index (κ3) is 3.44. The smallest absolute Gasteiger partial charge is 0.0928 e. The maximum Gasteiger partial charge on any atom is 0.0928 e. The molecule has 0 saturated heterocycles. The molecule has 1 heterocycles. The van der Waals surface area contributed by atoms with Crippen molar-refractivity contribution in [1.82, 2.24) is 4.98 Å². The molecule has 74 valence electrons. The van der Waals surface area contributed by atoms with Crippen molar-refractivity contribution >= 4 is 11.3 Å². The van der Waals surface area contributed by atoms with Crippen molar-refractivity contribution < 1.29 is 5.11 Å². The number of aliphatic hydroxyl groups is 1. The molecular formula is C10H17NOS. The predicted octanol–water partition coefficient (Wildman–Crippen LogP) is 2.58. The van der Waals surface area contributed by atoms with Gasteiger partial charge in [-0.1, -0.05) is 13.8 Å². The molecule has 1 N–H and O–H groups in total. The number of hydrogen-bond donors (Lipinski definition) is 1. The minimum absolute atomic E-state index is 0.294. The van der Waals surface area contributed by atoms with Crippen molar-refractivity contribution in [3.05, 3.63) is 16.1 Å². The summed E-state index contributed by atoms with van der Waals surface area (Å²) in [5, 5.41) is 12.0. The first-order chi connectivity index (χ1) is 6.24. The van der Waals surface area contributed by atoms with Gasteiger partial charge in [-0.25, -0.2) is 4.98 Å². The molecule has 2 nitrogen and oxygen atoms in total. The Bertz CT molecular complexity index is 245. The Morgan fingerprint density at radius 3 is 2.77 bits per heavy atom. The molecule has 0 atom stereocenters. The normalized spacial score (nSPS) is 11.1. The van der Waals surface area contributed by atoms with Gasteiger partial charge in [0.1, 0.15) is 0 Å². The Morgan fingerprint density at radius 2 is 2.23 bits per heavy atom. The van der Waals surface area contributed by atoms with E-state index < -0.39 is 0 Å². The van der Waals surface area contributed by atoms with Gasteiger partial charge in [-0.05, 0) is 25.2 Å². The Balaban J connectivity index is 2.40. The Hall–Kier alpha value is -0.410. The van der Waals surface area contributed by atoms with Gasteiger partial charge in [-0.15, -0.1) is 11.3 Å². The predicted molar refractivity (Wildman–Crippen MR) is 56.2 cm³/mol. The highest BCUT2D eigenvalue weighted by molar-refractivity contribution is 7.09. The molecule has 0 aliphatic carbocycles. The van der Waals surface area contributed by atoms with Gasteiger partial charge in [0, 0.05) is 12.0 Å². The second kappa shape index (κ2) is 5.35. The van der Waals surface area contributed by atoms with Crippen molar-refractivity contribution in [3.63, 3.8) is 0 Å². The van der Waals surface area contributed by atoms with E-state index in [0.29, 0.717) is 12.5 Å². The highest BCUT2D eigenvalue weighted by Gasteiger charge is 2.04. The van der Waals surface area contributed by atoms with E-state index in [4.69, 9.17) is 5.11 Å². The Morgan fingerprint density at radius 1 is 1.46 bits per heavy atom. The monoisotopic (exact) mass is 199 g/mol. The summed E-state index contributed by atoms with van der Waals surface area (Å²) in [6, 6.07) is 0. The number of rotatable bonds is 5. The van der Waals surface area contributed by atoms with Gasteiger partial charge in [0.15, 0.2) is 0 Å². The molecule has 0 amide bonds. The zero-order valence-electron chi connectivity index (χ0n) is 8.29. The molecule has 0 aliphatic heterocycles. The molecule has 0 spiro atoms. The molecule has 0 aromatic carbocycles. The molecule has 0 bridgehead atoms. The van der Waals surface area contributed by atoms with E-state index in [0.717, 1.165) is 19.3 Å². The van der Waals surface area contributed by atoms with Crippen molar-refractivity contribution in [2.45, 2.75) is 39.0 Å². The quantitative estimate of drug-likeness (QED) is 0.739. The van der Waals surface area contributed by atoms with E-state index >= 15 is 0 Å². The molecule has 0 unspecified atom stereocenters. The zero-order valence-corrected chi connectivity index (χ0v) is 9.10. The van der Waals surface area contributed by atoms with Crippen LogP contribution < -0.4 is 0 Å². The number of aryl methyl sites for hydroxylation is 1. The highest BCUT2D eigenvalue weighted by Crippen LogP contribution is 2.18. The van der Waals surface area contributed by atoms with Crippen LogP contribution in [-0.2, 0) is 6.42 Å². The van der Waals surface area contributed by atoms with Gasteiger partial charge in [-0.2, -0.15) is 0 Å². The summed E-state index contributed by atoms with van der Waals surface area (Å²) < 4.78 is 0. The average Bonchev–Trinajstić information content (AvgIpc) is 2.53. The lowest BCUT2D eigenvalue weighted by Crippen LogP contribution is -1.90. The Kier molecular flexibility index (Phi) is 4.39. The summed E-state index contributed by atoms with van der Waals surface area (Å²) in [5.74, 6) is 0.530. The van der Waals surface area contributed by atoms with E-state index in [-0.39, 0.29) is 0 Å². The van der Waals surface area contributed by atoms with Crippen molar-refractivity contribution in [2.24, 2.45) is 0 Å². The molecule has 1 aromatic heterocycles. The molecule has 13 heavy (non-hydrogen) atoms. The topological polar surface area (TPSA) is 33.1 Å². The molecule has 3 heteroatoms. The molecule has 0 saturated carbocycles. The first-order valence-corrected chi connectivity index (χ1v) is 5.67. The highest BCUT2D eigenvalue weighted by atomic mass is 32.1.